The Morgan fingerprint density at radius 2 is 2.00 bits per heavy atom. The van der Waals surface area contributed by atoms with E-state index in [2.05, 4.69) is 26.5 Å². The molecule has 6 nitrogen and oxygen atoms in total. The third-order valence-corrected chi connectivity index (χ3v) is 3.41. The van der Waals surface area contributed by atoms with Crippen LogP contribution in [0.15, 0.2) is 46.0 Å². The summed E-state index contributed by atoms with van der Waals surface area (Å²) in [7, 11) is 1.54. The number of ether oxygens (including phenoxy) is 1. The van der Waals surface area contributed by atoms with Crippen LogP contribution in [0.1, 0.15) is 15.9 Å². The number of phenolic OH excluding ortho intramolecular Hbond substituents is 2. The molecule has 22 heavy (non-hydrogen) atoms. The van der Waals surface area contributed by atoms with Gasteiger partial charge in [-0.05, 0) is 57.9 Å². The highest BCUT2D eigenvalue weighted by Crippen LogP contribution is 2.25. The van der Waals surface area contributed by atoms with Gasteiger partial charge in [0.05, 0.1) is 17.8 Å². The third kappa shape index (κ3) is 3.76. The molecule has 0 radical (unpaired) electrons. The van der Waals surface area contributed by atoms with Gasteiger partial charge >= 0.3 is 0 Å². The Kier molecular flexibility index (Phi) is 5.00. The van der Waals surface area contributed by atoms with Gasteiger partial charge in [-0.25, -0.2) is 5.43 Å². The molecule has 3 N–H and O–H groups in total. The predicted molar refractivity (Wildman–Crippen MR) is 85.5 cm³/mol. The number of hydrogen-bond acceptors (Lipinski definition) is 5. The molecule has 2 aromatic rings. The van der Waals surface area contributed by atoms with Crippen molar-refractivity contribution in [2.45, 2.75) is 0 Å². The average Bonchev–Trinajstić information content (AvgIpc) is 2.50. The Morgan fingerprint density at radius 1 is 1.23 bits per heavy atom. The van der Waals surface area contributed by atoms with Crippen LogP contribution in [0.4, 0.5) is 0 Å². The fourth-order valence-electron chi connectivity index (χ4n) is 1.66. The quantitative estimate of drug-likeness (QED) is 0.441. The monoisotopic (exact) mass is 364 g/mol. The third-order valence-electron chi connectivity index (χ3n) is 2.79. The maximum atomic E-state index is 11.9. The summed E-state index contributed by atoms with van der Waals surface area (Å²) in [5.41, 5.74) is 3.32. The molecule has 0 unspecified atom stereocenters. The lowest BCUT2D eigenvalue weighted by molar-refractivity contribution is 0.0955. The van der Waals surface area contributed by atoms with Gasteiger partial charge in [-0.1, -0.05) is 0 Å². The van der Waals surface area contributed by atoms with E-state index in [9.17, 15) is 15.0 Å². The Bertz CT molecular complexity index is 731. The number of halogens is 1. The van der Waals surface area contributed by atoms with Crippen molar-refractivity contribution in [1.29, 1.82) is 0 Å². The molecule has 0 aliphatic carbocycles. The standard InChI is InChI=1S/C15H13BrN2O4/c1-22-14-5-3-10(7-11(14)16)15(21)18-17-8-9-2-4-12(19)13(20)6-9/h2-8,19-20H,1H3,(H,18,21)/b17-8+. The first-order chi connectivity index (χ1) is 10.5. The zero-order valence-corrected chi connectivity index (χ0v) is 13.2. The number of hydrazone groups is 1. The van der Waals surface area contributed by atoms with Crippen LogP contribution >= 0.6 is 15.9 Å². The SMILES string of the molecule is COc1ccc(C(=O)N/N=C/c2ccc(O)c(O)c2)cc1Br. The van der Waals surface area contributed by atoms with Crippen molar-refractivity contribution in [2.75, 3.05) is 7.11 Å². The van der Waals surface area contributed by atoms with Crippen LogP contribution in [0.5, 0.6) is 17.2 Å². The maximum Gasteiger partial charge on any atom is 0.271 e. The number of benzene rings is 2. The van der Waals surface area contributed by atoms with E-state index in [0.717, 1.165) is 0 Å². The lowest BCUT2D eigenvalue weighted by Crippen LogP contribution is -2.17. The minimum atomic E-state index is -0.386. The van der Waals surface area contributed by atoms with E-state index in [4.69, 9.17) is 4.74 Å². The van der Waals surface area contributed by atoms with Gasteiger partial charge < -0.3 is 14.9 Å². The van der Waals surface area contributed by atoms with Crippen molar-refractivity contribution in [3.05, 3.63) is 52.0 Å². The van der Waals surface area contributed by atoms with Crippen LogP contribution in [0.3, 0.4) is 0 Å². The normalized spacial score (nSPS) is 10.6. The molecule has 7 heteroatoms. The first-order valence-electron chi connectivity index (χ1n) is 6.20. The molecule has 1 amide bonds. The summed E-state index contributed by atoms with van der Waals surface area (Å²) in [5.74, 6) is -0.235. The van der Waals surface area contributed by atoms with Gasteiger partial charge in [-0.2, -0.15) is 5.10 Å². The van der Waals surface area contributed by atoms with E-state index in [0.29, 0.717) is 21.3 Å². The summed E-state index contributed by atoms with van der Waals surface area (Å²) >= 11 is 3.30. The minimum absolute atomic E-state index is 0.218. The molecule has 0 aromatic heterocycles. The number of hydrogen-bond donors (Lipinski definition) is 3. The Morgan fingerprint density at radius 3 is 2.64 bits per heavy atom. The van der Waals surface area contributed by atoms with Gasteiger partial charge in [-0.3, -0.25) is 4.79 Å². The zero-order chi connectivity index (χ0) is 16.1. The van der Waals surface area contributed by atoms with Crippen molar-refractivity contribution in [1.82, 2.24) is 5.43 Å². The summed E-state index contributed by atoms with van der Waals surface area (Å²) in [6.07, 6.45) is 1.36. The zero-order valence-electron chi connectivity index (χ0n) is 11.6. The first kappa shape index (κ1) is 15.8. The summed E-state index contributed by atoms with van der Waals surface area (Å²) in [6, 6.07) is 9.11. The number of carbonyl (C=O) groups excluding carboxylic acids is 1. The number of phenols is 2. The van der Waals surface area contributed by atoms with Gasteiger partial charge in [0.2, 0.25) is 0 Å². The van der Waals surface area contributed by atoms with Crippen LogP contribution in [-0.2, 0) is 0 Å². The summed E-state index contributed by atoms with van der Waals surface area (Å²) in [4.78, 5) is 11.9. The Balaban J connectivity index is 2.04. The van der Waals surface area contributed by atoms with Gasteiger partial charge in [0.15, 0.2) is 11.5 Å². The second-order valence-corrected chi connectivity index (χ2v) is 5.15. The summed E-state index contributed by atoms with van der Waals surface area (Å²) in [5, 5.41) is 22.3. The van der Waals surface area contributed by atoms with E-state index in [1.165, 1.54) is 25.5 Å². The van der Waals surface area contributed by atoms with E-state index < -0.39 is 0 Å². The number of nitrogens with one attached hydrogen (secondary N) is 1. The van der Waals surface area contributed by atoms with Gasteiger partial charge in [0.1, 0.15) is 5.75 Å². The highest BCUT2D eigenvalue weighted by Gasteiger charge is 2.08. The van der Waals surface area contributed by atoms with E-state index >= 15 is 0 Å². The maximum absolute atomic E-state index is 11.9. The molecule has 0 fully saturated rings. The molecule has 0 saturated heterocycles. The Labute approximate surface area is 135 Å². The average molecular weight is 365 g/mol. The second-order valence-electron chi connectivity index (χ2n) is 4.30. The van der Waals surface area contributed by atoms with Gasteiger partial charge in [0, 0.05) is 5.56 Å². The fraction of sp³-hybridized carbons (Fsp3) is 0.0667. The predicted octanol–water partition coefficient (Wildman–Crippen LogP) is 2.63. The molecule has 0 spiro atoms. The number of methoxy groups -OCH3 is 1. The molecule has 0 aliphatic heterocycles. The Hall–Kier alpha value is -2.54. The van der Waals surface area contributed by atoms with Crippen LogP contribution in [0.25, 0.3) is 0 Å². The number of nitrogens with zero attached hydrogens (tertiary/aromatic N) is 1. The first-order valence-corrected chi connectivity index (χ1v) is 6.99. The van der Waals surface area contributed by atoms with Crippen molar-refractivity contribution in [3.63, 3.8) is 0 Å². The van der Waals surface area contributed by atoms with Crippen LogP contribution in [-0.4, -0.2) is 29.4 Å². The van der Waals surface area contributed by atoms with Crippen molar-refractivity contribution >= 4 is 28.1 Å². The number of rotatable bonds is 4. The molecule has 0 bridgehead atoms. The minimum Gasteiger partial charge on any atom is -0.504 e. The fourth-order valence-corrected chi connectivity index (χ4v) is 2.20. The molecule has 0 atom stereocenters. The van der Waals surface area contributed by atoms with Gasteiger partial charge in [0.25, 0.3) is 5.91 Å². The van der Waals surface area contributed by atoms with Crippen molar-refractivity contribution in [2.24, 2.45) is 5.10 Å². The highest BCUT2D eigenvalue weighted by atomic mass is 79.9. The highest BCUT2D eigenvalue weighted by molar-refractivity contribution is 9.10. The molecule has 2 rings (SSSR count). The lowest BCUT2D eigenvalue weighted by Gasteiger charge is -2.05. The van der Waals surface area contributed by atoms with Gasteiger partial charge in [-0.15, -0.1) is 0 Å². The lowest BCUT2D eigenvalue weighted by atomic mass is 10.2. The molecular weight excluding hydrogens is 352 g/mol. The summed E-state index contributed by atoms with van der Waals surface area (Å²) < 4.78 is 5.75. The number of carbonyl (C=O) groups is 1. The van der Waals surface area contributed by atoms with E-state index in [1.807, 2.05) is 0 Å². The second kappa shape index (κ2) is 6.95. The van der Waals surface area contributed by atoms with Crippen LogP contribution < -0.4 is 10.2 Å². The largest absolute Gasteiger partial charge is 0.504 e. The number of aromatic hydroxyl groups is 2. The molecule has 114 valence electrons. The van der Waals surface area contributed by atoms with E-state index in [-0.39, 0.29) is 17.4 Å². The molecule has 0 saturated carbocycles. The van der Waals surface area contributed by atoms with Crippen molar-refractivity contribution < 1.29 is 19.7 Å². The molecule has 0 heterocycles. The number of amides is 1. The van der Waals surface area contributed by atoms with E-state index in [1.54, 1.807) is 24.3 Å². The smallest absolute Gasteiger partial charge is 0.271 e. The van der Waals surface area contributed by atoms with Crippen LogP contribution in [0.2, 0.25) is 0 Å². The topological polar surface area (TPSA) is 91.2 Å². The summed E-state index contributed by atoms with van der Waals surface area (Å²) in [6.45, 7) is 0. The molecule has 2 aromatic carbocycles. The van der Waals surface area contributed by atoms with Crippen LogP contribution in [0, 0.1) is 0 Å². The molecule has 0 aliphatic rings. The van der Waals surface area contributed by atoms with Crippen molar-refractivity contribution in [3.8, 4) is 17.2 Å². The molecular formula is C15H13BrN2O4.